The van der Waals surface area contributed by atoms with Crippen LogP contribution in [-0.4, -0.2) is 56.6 Å². The van der Waals surface area contributed by atoms with Gasteiger partial charge in [-0.25, -0.2) is 4.99 Å². The normalized spacial score (nSPS) is 11.7. The van der Waals surface area contributed by atoms with Crippen LogP contribution < -0.4 is 4.74 Å². The first-order valence-corrected chi connectivity index (χ1v) is 7.00. The lowest BCUT2D eigenvalue weighted by Crippen LogP contribution is -2.36. The average Bonchev–Trinajstić information content (AvgIpc) is 2.27. The van der Waals surface area contributed by atoms with Crippen LogP contribution >= 0.6 is 15.9 Å². The average molecular weight is 328 g/mol. The van der Waals surface area contributed by atoms with Crippen molar-refractivity contribution < 1.29 is 4.74 Å². The fraction of sp³-hybridized carbons (Fsp3) is 0.500. The van der Waals surface area contributed by atoms with Crippen LogP contribution in [0.5, 0.6) is 5.75 Å². The topological polar surface area (TPSA) is 28.1 Å². The molecular formula is C14H22BrN3O. The fourth-order valence-electron chi connectivity index (χ4n) is 1.70. The Hall–Kier alpha value is -1.23. The molecule has 19 heavy (non-hydrogen) atoms. The van der Waals surface area contributed by atoms with Crippen molar-refractivity contribution in [3.63, 3.8) is 0 Å². The molecule has 4 nitrogen and oxygen atoms in total. The third kappa shape index (κ3) is 5.51. The van der Waals surface area contributed by atoms with E-state index in [4.69, 9.17) is 4.74 Å². The molecule has 5 heteroatoms. The van der Waals surface area contributed by atoms with Gasteiger partial charge in [-0.1, -0.05) is 22.0 Å². The van der Waals surface area contributed by atoms with Gasteiger partial charge < -0.3 is 14.5 Å². The van der Waals surface area contributed by atoms with Crippen molar-refractivity contribution in [2.75, 3.05) is 34.7 Å². The summed E-state index contributed by atoms with van der Waals surface area (Å²) in [5.41, 5.74) is 0. The zero-order chi connectivity index (χ0) is 14.4. The SMILES string of the molecule is CC(CN=C(N(C)C)N(C)C)Oc1cccc(Br)c1. The van der Waals surface area contributed by atoms with Gasteiger partial charge in [0.2, 0.25) is 0 Å². The van der Waals surface area contributed by atoms with E-state index in [9.17, 15) is 0 Å². The van der Waals surface area contributed by atoms with E-state index in [-0.39, 0.29) is 6.10 Å². The second kappa shape index (κ2) is 7.38. The minimum Gasteiger partial charge on any atom is -0.489 e. The second-order valence-electron chi connectivity index (χ2n) is 4.82. The standard InChI is InChI=1S/C14H22BrN3O/c1-11(10-16-14(17(2)3)18(4)5)19-13-8-6-7-12(15)9-13/h6-9,11H,10H2,1-5H3. The van der Waals surface area contributed by atoms with E-state index in [1.54, 1.807) is 0 Å². The molecule has 0 radical (unpaired) electrons. The van der Waals surface area contributed by atoms with Crippen LogP contribution in [0.2, 0.25) is 0 Å². The molecule has 0 fully saturated rings. The van der Waals surface area contributed by atoms with E-state index in [1.807, 2.05) is 69.2 Å². The van der Waals surface area contributed by atoms with Crippen molar-refractivity contribution in [1.29, 1.82) is 0 Å². The molecule has 0 amide bonds. The Bertz CT molecular complexity index is 422. The zero-order valence-electron chi connectivity index (χ0n) is 12.2. The van der Waals surface area contributed by atoms with Crippen LogP contribution in [-0.2, 0) is 0 Å². The van der Waals surface area contributed by atoms with E-state index in [2.05, 4.69) is 20.9 Å². The largest absolute Gasteiger partial charge is 0.489 e. The Balaban J connectivity index is 2.60. The highest BCUT2D eigenvalue weighted by atomic mass is 79.9. The summed E-state index contributed by atoms with van der Waals surface area (Å²) in [5, 5.41) is 0. The van der Waals surface area contributed by atoms with Crippen LogP contribution in [0.4, 0.5) is 0 Å². The van der Waals surface area contributed by atoms with Gasteiger partial charge in [0.05, 0.1) is 6.54 Å². The maximum Gasteiger partial charge on any atom is 0.195 e. The van der Waals surface area contributed by atoms with Crippen molar-refractivity contribution in [3.8, 4) is 5.75 Å². The van der Waals surface area contributed by atoms with Gasteiger partial charge in [-0.05, 0) is 25.1 Å². The Morgan fingerprint density at radius 3 is 2.42 bits per heavy atom. The van der Waals surface area contributed by atoms with E-state index in [0.717, 1.165) is 16.2 Å². The molecule has 106 valence electrons. The molecule has 1 unspecified atom stereocenters. The van der Waals surface area contributed by atoms with E-state index < -0.39 is 0 Å². The predicted molar refractivity (Wildman–Crippen MR) is 83.9 cm³/mol. The highest BCUT2D eigenvalue weighted by Crippen LogP contribution is 2.18. The number of ether oxygens (including phenoxy) is 1. The van der Waals surface area contributed by atoms with Crippen LogP contribution in [0.1, 0.15) is 6.92 Å². The van der Waals surface area contributed by atoms with Gasteiger partial charge in [-0.15, -0.1) is 0 Å². The third-order valence-corrected chi connectivity index (χ3v) is 2.92. The fourth-order valence-corrected chi connectivity index (χ4v) is 2.08. The van der Waals surface area contributed by atoms with Crippen LogP contribution in [0.15, 0.2) is 33.7 Å². The van der Waals surface area contributed by atoms with Gasteiger partial charge in [0, 0.05) is 32.7 Å². The molecule has 0 aromatic heterocycles. The van der Waals surface area contributed by atoms with Gasteiger partial charge in [-0.2, -0.15) is 0 Å². The monoisotopic (exact) mass is 327 g/mol. The second-order valence-corrected chi connectivity index (χ2v) is 5.73. The Kier molecular flexibility index (Phi) is 6.15. The van der Waals surface area contributed by atoms with Gasteiger partial charge in [0.25, 0.3) is 0 Å². The molecule has 0 N–H and O–H groups in total. The van der Waals surface area contributed by atoms with Crippen molar-refractivity contribution in [3.05, 3.63) is 28.7 Å². The highest BCUT2D eigenvalue weighted by Gasteiger charge is 2.07. The number of halogens is 1. The van der Waals surface area contributed by atoms with Crippen molar-refractivity contribution in [2.45, 2.75) is 13.0 Å². The molecule has 0 spiro atoms. The van der Waals surface area contributed by atoms with Crippen LogP contribution in [0.3, 0.4) is 0 Å². The highest BCUT2D eigenvalue weighted by molar-refractivity contribution is 9.10. The number of guanidine groups is 1. The number of hydrogen-bond donors (Lipinski definition) is 0. The molecule has 1 aromatic rings. The summed E-state index contributed by atoms with van der Waals surface area (Å²) in [6.07, 6.45) is 0.0317. The molecule has 1 aromatic carbocycles. The molecule has 0 aliphatic carbocycles. The molecular weight excluding hydrogens is 306 g/mol. The number of nitrogens with zero attached hydrogens (tertiary/aromatic N) is 3. The third-order valence-electron chi connectivity index (χ3n) is 2.42. The lowest BCUT2D eigenvalue weighted by molar-refractivity contribution is 0.229. The minimum atomic E-state index is 0.0317. The van der Waals surface area contributed by atoms with Crippen molar-refractivity contribution in [2.24, 2.45) is 4.99 Å². The first-order chi connectivity index (χ1) is 8.90. The number of rotatable bonds is 4. The molecule has 0 bridgehead atoms. The Labute approximate surface area is 124 Å². The molecule has 0 saturated carbocycles. The molecule has 1 atom stereocenters. The maximum absolute atomic E-state index is 5.83. The van der Waals surface area contributed by atoms with Crippen LogP contribution in [0.25, 0.3) is 0 Å². The molecule has 0 aliphatic rings. The predicted octanol–water partition coefficient (Wildman–Crippen LogP) is 2.70. The number of aliphatic imine (C=N–C) groups is 1. The lowest BCUT2D eigenvalue weighted by atomic mass is 10.3. The summed E-state index contributed by atoms with van der Waals surface area (Å²) in [4.78, 5) is 8.56. The summed E-state index contributed by atoms with van der Waals surface area (Å²) in [6, 6.07) is 7.84. The molecule has 0 aliphatic heterocycles. The summed E-state index contributed by atoms with van der Waals surface area (Å²) in [7, 11) is 7.94. The van der Waals surface area contributed by atoms with E-state index >= 15 is 0 Å². The molecule has 1 rings (SSSR count). The molecule has 0 heterocycles. The van der Waals surface area contributed by atoms with Crippen LogP contribution in [0, 0.1) is 0 Å². The first kappa shape index (κ1) is 15.8. The summed E-state index contributed by atoms with van der Waals surface area (Å²) >= 11 is 3.43. The summed E-state index contributed by atoms with van der Waals surface area (Å²) < 4.78 is 6.85. The minimum absolute atomic E-state index is 0.0317. The van der Waals surface area contributed by atoms with E-state index in [0.29, 0.717) is 6.54 Å². The van der Waals surface area contributed by atoms with Crippen molar-refractivity contribution >= 4 is 21.9 Å². The zero-order valence-corrected chi connectivity index (χ0v) is 13.8. The smallest absolute Gasteiger partial charge is 0.195 e. The van der Waals surface area contributed by atoms with Crippen molar-refractivity contribution in [1.82, 2.24) is 9.80 Å². The quantitative estimate of drug-likeness (QED) is 0.628. The summed E-state index contributed by atoms with van der Waals surface area (Å²) in [6.45, 7) is 2.64. The van der Waals surface area contributed by atoms with Gasteiger partial charge >= 0.3 is 0 Å². The summed E-state index contributed by atoms with van der Waals surface area (Å²) in [5.74, 6) is 1.79. The van der Waals surface area contributed by atoms with Gasteiger partial charge in [0.1, 0.15) is 11.9 Å². The van der Waals surface area contributed by atoms with Gasteiger partial charge in [-0.3, -0.25) is 0 Å². The van der Waals surface area contributed by atoms with E-state index in [1.165, 1.54) is 0 Å². The first-order valence-electron chi connectivity index (χ1n) is 6.21. The Morgan fingerprint density at radius 2 is 1.89 bits per heavy atom. The lowest BCUT2D eigenvalue weighted by Gasteiger charge is -2.23. The Morgan fingerprint density at radius 1 is 1.26 bits per heavy atom. The maximum atomic E-state index is 5.83. The molecule has 0 saturated heterocycles. The number of benzene rings is 1. The number of hydrogen-bond acceptors (Lipinski definition) is 2. The van der Waals surface area contributed by atoms with Gasteiger partial charge in [0.15, 0.2) is 5.96 Å².